The molecule has 0 aliphatic carbocycles. The van der Waals surface area contributed by atoms with Crippen LogP contribution in [0, 0.1) is 0 Å². The molecule has 0 aromatic heterocycles. The van der Waals surface area contributed by atoms with Gasteiger partial charge in [0.2, 0.25) is 0 Å². The smallest absolute Gasteiger partial charge is 0.407 e. The Labute approximate surface area is 143 Å². The van der Waals surface area contributed by atoms with Crippen molar-refractivity contribution in [3.8, 4) is 0 Å². The number of hydrogen-bond acceptors (Lipinski definition) is 8. The predicted molar refractivity (Wildman–Crippen MR) is 79.7 cm³/mol. The summed E-state index contributed by atoms with van der Waals surface area (Å²) >= 11 is 0. The van der Waals surface area contributed by atoms with Gasteiger partial charge >= 0.3 is 18.0 Å². The van der Waals surface area contributed by atoms with E-state index < -0.39 is 61.0 Å². The van der Waals surface area contributed by atoms with Crippen LogP contribution in [0.2, 0.25) is 0 Å². The second-order valence-electron chi connectivity index (χ2n) is 5.76. The van der Waals surface area contributed by atoms with Gasteiger partial charge in [-0.1, -0.05) is 0 Å². The molecule has 1 amide bonds. The average molecular weight is 365 g/mol. The molecule has 11 nitrogen and oxygen atoms in total. The number of carbonyl (C=O) groups excluding carboxylic acids is 1. The van der Waals surface area contributed by atoms with Crippen LogP contribution in [0.3, 0.4) is 0 Å². The summed E-state index contributed by atoms with van der Waals surface area (Å²) in [6.45, 7) is 1.41. The molecule has 144 valence electrons. The van der Waals surface area contributed by atoms with Gasteiger partial charge in [0.25, 0.3) is 0 Å². The fourth-order valence-electron chi connectivity index (χ4n) is 2.38. The number of aliphatic hydroxyl groups is 3. The first kappa shape index (κ1) is 21.1. The maximum atomic E-state index is 11.5. The zero-order valence-corrected chi connectivity index (χ0v) is 13.6. The standard InChI is InChI=1S/C14H23NO10/c1-6-10(18)12(20)11(19)8(25-6)3-2-4-24-14(23)15-7(13(21)22)5-9(16)17/h6-8,10-12,18-20H,2-5H2,1H3,(H,15,23)(H,16,17)(H,21,22)/t6-,7-,8-,10+,11+,12+/m0/s1. The second kappa shape index (κ2) is 9.51. The highest BCUT2D eigenvalue weighted by atomic mass is 16.6. The fraction of sp³-hybridized carbons (Fsp3) is 0.786. The Balaban J connectivity index is 2.33. The van der Waals surface area contributed by atoms with Crippen molar-refractivity contribution in [3.63, 3.8) is 0 Å². The van der Waals surface area contributed by atoms with E-state index in [1.807, 2.05) is 5.32 Å². The lowest BCUT2D eigenvalue weighted by atomic mass is 9.93. The summed E-state index contributed by atoms with van der Waals surface area (Å²) in [5.74, 6) is -2.88. The Morgan fingerprint density at radius 3 is 2.32 bits per heavy atom. The Hall–Kier alpha value is -1.95. The highest BCUT2D eigenvalue weighted by Gasteiger charge is 2.41. The number of rotatable bonds is 8. The van der Waals surface area contributed by atoms with Crippen molar-refractivity contribution in [1.82, 2.24) is 5.32 Å². The van der Waals surface area contributed by atoms with Gasteiger partial charge in [-0.25, -0.2) is 9.59 Å². The van der Waals surface area contributed by atoms with Gasteiger partial charge in [0.05, 0.1) is 25.2 Å². The Morgan fingerprint density at radius 1 is 1.12 bits per heavy atom. The van der Waals surface area contributed by atoms with Gasteiger partial charge < -0.3 is 40.3 Å². The van der Waals surface area contributed by atoms with Crippen molar-refractivity contribution >= 4 is 18.0 Å². The van der Waals surface area contributed by atoms with Crippen molar-refractivity contribution in [1.29, 1.82) is 0 Å². The molecule has 25 heavy (non-hydrogen) atoms. The number of carboxylic acid groups (broad SMARTS) is 2. The molecule has 0 saturated carbocycles. The van der Waals surface area contributed by atoms with Crippen molar-refractivity contribution in [2.75, 3.05) is 6.61 Å². The minimum Gasteiger partial charge on any atom is -0.481 e. The predicted octanol–water partition coefficient (Wildman–Crippen LogP) is -1.71. The summed E-state index contributed by atoms with van der Waals surface area (Å²) in [6.07, 6.45) is -6.65. The minimum atomic E-state index is -1.61. The minimum absolute atomic E-state index is 0.134. The van der Waals surface area contributed by atoms with E-state index in [-0.39, 0.29) is 19.4 Å². The molecule has 0 aromatic carbocycles. The molecule has 1 aliphatic rings. The maximum Gasteiger partial charge on any atom is 0.407 e. The lowest BCUT2D eigenvalue weighted by Gasteiger charge is -2.39. The monoisotopic (exact) mass is 365 g/mol. The van der Waals surface area contributed by atoms with Crippen molar-refractivity contribution < 1.29 is 49.4 Å². The third kappa shape index (κ3) is 6.46. The van der Waals surface area contributed by atoms with Crippen LogP contribution in [0.1, 0.15) is 26.2 Å². The van der Waals surface area contributed by atoms with Gasteiger partial charge in [0.15, 0.2) is 0 Å². The first-order chi connectivity index (χ1) is 11.6. The molecular weight excluding hydrogens is 342 g/mol. The molecule has 0 bridgehead atoms. The summed E-state index contributed by atoms with van der Waals surface area (Å²) < 4.78 is 10.1. The quantitative estimate of drug-likeness (QED) is 0.271. The number of aliphatic hydroxyl groups excluding tert-OH is 3. The normalized spacial score (nSPS) is 30.3. The van der Waals surface area contributed by atoms with E-state index in [4.69, 9.17) is 19.7 Å². The number of carbonyl (C=O) groups is 3. The largest absolute Gasteiger partial charge is 0.481 e. The second-order valence-corrected chi connectivity index (χ2v) is 5.76. The van der Waals surface area contributed by atoms with Gasteiger partial charge in [-0.2, -0.15) is 0 Å². The fourth-order valence-corrected chi connectivity index (χ4v) is 2.38. The molecule has 1 aliphatic heterocycles. The molecule has 1 heterocycles. The molecule has 0 unspecified atom stereocenters. The number of nitrogens with one attached hydrogen (secondary N) is 1. The third-order valence-corrected chi connectivity index (χ3v) is 3.79. The molecule has 1 rings (SSSR count). The van der Waals surface area contributed by atoms with Crippen LogP contribution in [0.25, 0.3) is 0 Å². The number of amides is 1. The van der Waals surface area contributed by atoms with Crippen LogP contribution in [-0.4, -0.2) is 86.7 Å². The number of alkyl carbamates (subject to hydrolysis) is 1. The van der Waals surface area contributed by atoms with E-state index in [2.05, 4.69) is 0 Å². The van der Waals surface area contributed by atoms with Gasteiger partial charge in [-0.15, -0.1) is 0 Å². The molecule has 6 atom stereocenters. The molecule has 11 heteroatoms. The summed E-state index contributed by atoms with van der Waals surface area (Å²) in [7, 11) is 0. The van der Waals surface area contributed by atoms with Crippen molar-refractivity contribution in [2.24, 2.45) is 0 Å². The van der Waals surface area contributed by atoms with Crippen LogP contribution in [-0.2, 0) is 19.1 Å². The van der Waals surface area contributed by atoms with Crippen LogP contribution >= 0.6 is 0 Å². The maximum absolute atomic E-state index is 11.5. The van der Waals surface area contributed by atoms with Gasteiger partial charge in [-0.3, -0.25) is 4.79 Å². The topological polar surface area (TPSA) is 183 Å². The van der Waals surface area contributed by atoms with E-state index in [9.17, 15) is 29.7 Å². The number of ether oxygens (including phenoxy) is 2. The molecule has 0 radical (unpaired) electrons. The Morgan fingerprint density at radius 2 is 1.76 bits per heavy atom. The Kier molecular flexibility index (Phi) is 8.03. The van der Waals surface area contributed by atoms with Gasteiger partial charge in [0.1, 0.15) is 24.4 Å². The van der Waals surface area contributed by atoms with Crippen molar-refractivity contribution in [3.05, 3.63) is 0 Å². The zero-order valence-electron chi connectivity index (χ0n) is 13.6. The first-order valence-corrected chi connectivity index (χ1v) is 7.71. The molecular formula is C14H23NO10. The van der Waals surface area contributed by atoms with Crippen molar-refractivity contribution in [2.45, 2.75) is 62.7 Å². The van der Waals surface area contributed by atoms with Crippen LogP contribution in [0.15, 0.2) is 0 Å². The van der Waals surface area contributed by atoms with Gasteiger partial charge in [0, 0.05) is 0 Å². The molecule has 0 aromatic rings. The summed E-state index contributed by atoms with van der Waals surface area (Å²) in [6, 6.07) is -1.61. The van der Waals surface area contributed by atoms with Crippen LogP contribution in [0.5, 0.6) is 0 Å². The van der Waals surface area contributed by atoms with Gasteiger partial charge in [-0.05, 0) is 19.8 Å². The Bertz CT molecular complexity index is 484. The molecule has 6 N–H and O–H groups in total. The molecule has 1 fully saturated rings. The lowest BCUT2D eigenvalue weighted by Crippen LogP contribution is -2.56. The average Bonchev–Trinajstić information content (AvgIpc) is 2.52. The zero-order chi connectivity index (χ0) is 19.1. The van der Waals surface area contributed by atoms with Crippen LogP contribution in [0.4, 0.5) is 4.79 Å². The molecule has 0 spiro atoms. The highest BCUT2D eigenvalue weighted by molar-refractivity contribution is 5.84. The van der Waals surface area contributed by atoms with E-state index >= 15 is 0 Å². The third-order valence-electron chi connectivity index (χ3n) is 3.79. The number of aliphatic carboxylic acids is 2. The highest BCUT2D eigenvalue weighted by Crippen LogP contribution is 2.23. The van der Waals surface area contributed by atoms with E-state index in [1.165, 1.54) is 0 Å². The van der Waals surface area contributed by atoms with E-state index in [0.29, 0.717) is 0 Å². The molecule has 1 saturated heterocycles. The summed E-state index contributed by atoms with van der Waals surface area (Å²) in [5, 5.41) is 48.3. The number of hydrogen-bond donors (Lipinski definition) is 6. The number of carboxylic acids is 2. The SMILES string of the molecule is C[C@@H]1O[C@@H](CCCOC(=O)N[C@@H](CC(=O)O)C(=O)O)[C@@H](O)[C@H](O)[C@@H]1O. The van der Waals surface area contributed by atoms with E-state index in [0.717, 1.165) is 0 Å². The lowest BCUT2D eigenvalue weighted by molar-refractivity contribution is -0.218. The van der Waals surface area contributed by atoms with Crippen LogP contribution < -0.4 is 5.32 Å². The first-order valence-electron chi connectivity index (χ1n) is 7.71. The summed E-state index contributed by atoms with van der Waals surface area (Å²) in [5.41, 5.74) is 0. The summed E-state index contributed by atoms with van der Waals surface area (Å²) in [4.78, 5) is 32.8. The van der Waals surface area contributed by atoms with E-state index in [1.54, 1.807) is 6.92 Å².